The standard InChI is InChI=1S/C26H39N7/c1-19-13-22(21-15-28-31(4)24(21)30-19)32-16-20-14-29-33(23(20)25(2,3)17-32)18-26(11-8-12-27)9-6-5-7-10-26/h13-15H,5-12,16-18,27H2,1-4H3. The molecule has 0 atom stereocenters. The second kappa shape index (κ2) is 8.42. The van der Waals surface area contributed by atoms with Gasteiger partial charge in [0.05, 0.1) is 29.2 Å². The highest BCUT2D eigenvalue weighted by Gasteiger charge is 2.39. The summed E-state index contributed by atoms with van der Waals surface area (Å²) in [6.45, 7) is 10.5. The van der Waals surface area contributed by atoms with E-state index in [-0.39, 0.29) is 5.41 Å². The minimum Gasteiger partial charge on any atom is -0.365 e. The Morgan fingerprint density at radius 1 is 1.09 bits per heavy atom. The number of aromatic nitrogens is 5. The molecular formula is C26H39N7. The van der Waals surface area contributed by atoms with Crippen LogP contribution in [0.4, 0.5) is 5.69 Å². The third-order valence-electron chi connectivity index (χ3n) is 7.97. The van der Waals surface area contributed by atoms with Gasteiger partial charge in [-0.05, 0) is 50.6 Å². The van der Waals surface area contributed by atoms with Crippen LogP contribution in [0.25, 0.3) is 11.0 Å². The van der Waals surface area contributed by atoms with Crippen LogP contribution in [0.15, 0.2) is 18.5 Å². The Labute approximate surface area is 197 Å². The molecule has 4 heterocycles. The van der Waals surface area contributed by atoms with Crippen LogP contribution in [0.5, 0.6) is 0 Å². The molecule has 0 bridgehead atoms. The number of aryl methyl sites for hydroxylation is 2. The fraction of sp³-hybridized carbons (Fsp3) is 0.654. The molecular weight excluding hydrogens is 410 g/mol. The van der Waals surface area contributed by atoms with E-state index in [0.29, 0.717) is 5.41 Å². The molecule has 1 saturated carbocycles. The normalized spacial score (nSPS) is 19.7. The summed E-state index contributed by atoms with van der Waals surface area (Å²) in [5.74, 6) is 0. The number of anilines is 1. The molecule has 0 amide bonds. The maximum Gasteiger partial charge on any atom is 0.159 e. The molecule has 1 fully saturated rings. The summed E-state index contributed by atoms with van der Waals surface area (Å²) in [5.41, 5.74) is 12.2. The molecule has 1 aliphatic carbocycles. The van der Waals surface area contributed by atoms with E-state index in [1.807, 2.05) is 17.9 Å². The zero-order valence-corrected chi connectivity index (χ0v) is 20.8. The molecule has 0 radical (unpaired) electrons. The maximum absolute atomic E-state index is 5.92. The van der Waals surface area contributed by atoms with Gasteiger partial charge in [0.2, 0.25) is 0 Å². The van der Waals surface area contributed by atoms with Gasteiger partial charge in [-0.2, -0.15) is 10.2 Å². The molecule has 0 spiro atoms. The molecule has 7 nitrogen and oxygen atoms in total. The van der Waals surface area contributed by atoms with Gasteiger partial charge in [-0.1, -0.05) is 33.1 Å². The summed E-state index contributed by atoms with van der Waals surface area (Å²) in [4.78, 5) is 7.22. The number of rotatable bonds is 6. The monoisotopic (exact) mass is 449 g/mol. The average Bonchev–Trinajstić information content (AvgIpc) is 3.36. The number of hydrogen-bond acceptors (Lipinski definition) is 5. The molecule has 0 unspecified atom stereocenters. The van der Waals surface area contributed by atoms with Gasteiger partial charge in [-0.15, -0.1) is 0 Å². The summed E-state index contributed by atoms with van der Waals surface area (Å²) >= 11 is 0. The lowest BCUT2D eigenvalue weighted by Gasteiger charge is -2.42. The third kappa shape index (κ3) is 4.05. The first-order chi connectivity index (χ1) is 15.8. The number of pyridine rings is 1. The molecule has 5 rings (SSSR count). The first kappa shape index (κ1) is 22.4. The van der Waals surface area contributed by atoms with Crippen LogP contribution >= 0.6 is 0 Å². The van der Waals surface area contributed by atoms with Crippen molar-refractivity contribution in [1.82, 2.24) is 24.5 Å². The topological polar surface area (TPSA) is 77.8 Å². The van der Waals surface area contributed by atoms with Crippen molar-refractivity contribution in [2.24, 2.45) is 18.2 Å². The van der Waals surface area contributed by atoms with Crippen molar-refractivity contribution >= 4 is 16.7 Å². The molecule has 1 aliphatic heterocycles. The lowest BCUT2D eigenvalue weighted by atomic mass is 9.71. The molecule has 3 aromatic heterocycles. The van der Waals surface area contributed by atoms with Gasteiger partial charge in [-0.3, -0.25) is 9.36 Å². The van der Waals surface area contributed by atoms with Crippen molar-refractivity contribution in [1.29, 1.82) is 0 Å². The van der Waals surface area contributed by atoms with E-state index in [1.54, 1.807) is 0 Å². The SMILES string of the molecule is Cc1cc(N2Cc3cnn(CC4(CCCN)CCCCC4)c3C(C)(C)C2)c2cnn(C)c2n1. The Morgan fingerprint density at radius 2 is 1.88 bits per heavy atom. The summed E-state index contributed by atoms with van der Waals surface area (Å²) < 4.78 is 4.24. The number of nitrogens with two attached hydrogens (primary N) is 1. The van der Waals surface area contributed by atoms with Gasteiger partial charge < -0.3 is 10.6 Å². The largest absolute Gasteiger partial charge is 0.365 e. The molecule has 3 aromatic rings. The van der Waals surface area contributed by atoms with Gasteiger partial charge in [0.1, 0.15) is 0 Å². The van der Waals surface area contributed by atoms with E-state index >= 15 is 0 Å². The molecule has 2 N–H and O–H groups in total. The van der Waals surface area contributed by atoms with Gasteiger partial charge in [0.25, 0.3) is 0 Å². The third-order valence-corrected chi connectivity index (χ3v) is 7.97. The van der Waals surface area contributed by atoms with Gasteiger partial charge in [-0.25, -0.2) is 4.98 Å². The van der Waals surface area contributed by atoms with E-state index in [9.17, 15) is 0 Å². The predicted octanol–water partition coefficient (Wildman–Crippen LogP) is 4.46. The van der Waals surface area contributed by atoms with Crippen LogP contribution in [-0.4, -0.2) is 37.6 Å². The van der Waals surface area contributed by atoms with Crippen LogP contribution in [0.2, 0.25) is 0 Å². The Bertz CT molecular complexity index is 1130. The highest BCUT2D eigenvalue weighted by Crippen LogP contribution is 2.44. The molecule has 0 saturated heterocycles. The van der Waals surface area contributed by atoms with E-state index in [0.717, 1.165) is 49.3 Å². The van der Waals surface area contributed by atoms with Crippen molar-refractivity contribution in [3.05, 3.63) is 35.4 Å². The van der Waals surface area contributed by atoms with Gasteiger partial charge >= 0.3 is 0 Å². The Balaban J connectivity index is 1.48. The molecule has 2 aliphatic rings. The van der Waals surface area contributed by atoms with E-state index < -0.39 is 0 Å². The second-order valence-electron chi connectivity index (χ2n) is 11.2. The maximum atomic E-state index is 5.92. The number of hydrogen-bond donors (Lipinski definition) is 1. The zero-order valence-electron chi connectivity index (χ0n) is 20.8. The zero-order chi connectivity index (χ0) is 23.2. The predicted molar refractivity (Wildman–Crippen MR) is 133 cm³/mol. The van der Waals surface area contributed by atoms with E-state index in [1.165, 1.54) is 55.5 Å². The quantitative estimate of drug-likeness (QED) is 0.601. The van der Waals surface area contributed by atoms with Gasteiger partial charge in [0.15, 0.2) is 5.65 Å². The van der Waals surface area contributed by atoms with Crippen molar-refractivity contribution in [3.8, 4) is 0 Å². The number of fused-ring (bicyclic) bond motifs is 2. The molecule has 33 heavy (non-hydrogen) atoms. The number of nitrogens with zero attached hydrogens (tertiary/aromatic N) is 6. The van der Waals surface area contributed by atoms with Crippen molar-refractivity contribution < 1.29 is 0 Å². The Kier molecular flexibility index (Phi) is 5.71. The lowest BCUT2D eigenvalue weighted by molar-refractivity contribution is 0.130. The smallest absolute Gasteiger partial charge is 0.159 e. The fourth-order valence-corrected chi connectivity index (χ4v) is 6.49. The molecule has 178 valence electrons. The van der Waals surface area contributed by atoms with Crippen molar-refractivity contribution in [3.63, 3.8) is 0 Å². The average molecular weight is 450 g/mol. The highest BCUT2D eigenvalue weighted by molar-refractivity contribution is 5.89. The lowest BCUT2D eigenvalue weighted by Crippen LogP contribution is -2.44. The van der Waals surface area contributed by atoms with Crippen LogP contribution in [0, 0.1) is 12.3 Å². The fourth-order valence-electron chi connectivity index (χ4n) is 6.49. The summed E-state index contributed by atoms with van der Waals surface area (Å²) in [7, 11) is 1.96. The molecule has 7 heteroatoms. The van der Waals surface area contributed by atoms with Crippen LogP contribution in [-0.2, 0) is 25.6 Å². The van der Waals surface area contributed by atoms with Crippen LogP contribution in [0.3, 0.4) is 0 Å². The van der Waals surface area contributed by atoms with Crippen LogP contribution in [0.1, 0.15) is 75.7 Å². The van der Waals surface area contributed by atoms with Crippen LogP contribution < -0.4 is 10.6 Å². The summed E-state index contributed by atoms with van der Waals surface area (Å²) in [6, 6.07) is 2.21. The van der Waals surface area contributed by atoms with Crippen molar-refractivity contribution in [2.75, 3.05) is 18.0 Å². The van der Waals surface area contributed by atoms with Gasteiger partial charge in [0, 0.05) is 43.4 Å². The first-order valence-corrected chi connectivity index (χ1v) is 12.6. The summed E-state index contributed by atoms with van der Waals surface area (Å²) in [6.07, 6.45) is 13.1. The molecule has 0 aromatic carbocycles. The Hall–Kier alpha value is -2.41. The first-order valence-electron chi connectivity index (χ1n) is 12.6. The minimum absolute atomic E-state index is 0.000482. The van der Waals surface area contributed by atoms with Crippen molar-refractivity contribution in [2.45, 2.75) is 84.2 Å². The minimum atomic E-state index is -0.000482. The Morgan fingerprint density at radius 3 is 2.64 bits per heavy atom. The summed E-state index contributed by atoms with van der Waals surface area (Å²) in [5, 5.41) is 10.6. The van der Waals surface area contributed by atoms with E-state index in [4.69, 9.17) is 15.8 Å². The highest BCUT2D eigenvalue weighted by atomic mass is 15.3. The second-order valence-corrected chi connectivity index (χ2v) is 11.2. The van der Waals surface area contributed by atoms with E-state index in [2.05, 4.69) is 47.7 Å².